The molecule has 2 rings (SSSR count). The van der Waals surface area contributed by atoms with Gasteiger partial charge in [-0.05, 0) is 44.0 Å². The summed E-state index contributed by atoms with van der Waals surface area (Å²) in [6.45, 7) is 6.58. The molecule has 0 aromatic heterocycles. The van der Waals surface area contributed by atoms with E-state index in [-0.39, 0.29) is 0 Å². The molecule has 1 aliphatic carbocycles. The fourth-order valence-electron chi connectivity index (χ4n) is 3.41. The predicted octanol–water partition coefficient (Wildman–Crippen LogP) is 4.77. The minimum Gasteiger partial charge on any atom is -0.411 e. The van der Waals surface area contributed by atoms with Crippen LogP contribution in [0.25, 0.3) is 0 Å². The molecular formula is C17H27NO2Si. The Kier molecular flexibility index (Phi) is 5.22. The molecule has 4 heteroatoms. The molecule has 1 aromatic carbocycles. The highest BCUT2D eigenvalue weighted by Gasteiger charge is 2.43. The van der Waals surface area contributed by atoms with E-state index in [1.165, 1.54) is 19.3 Å². The van der Waals surface area contributed by atoms with Crippen molar-refractivity contribution in [2.24, 2.45) is 11.1 Å². The molecular weight excluding hydrogens is 278 g/mol. The van der Waals surface area contributed by atoms with E-state index in [0.717, 1.165) is 18.4 Å². The monoisotopic (exact) mass is 305 g/mol. The third-order valence-electron chi connectivity index (χ3n) is 4.16. The molecule has 0 saturated heterocycles. The molecule has 116 valence electrons. The van der Waals surface area contributed by atoms with Crippen molar-refractivity contribution in [2.45, 2.75) is 57.3 Å². The van der Waals surface area contributed by atoms with E-state index in [1.54, 1.807) is 6.21 Å². The first-order valence-corrected chi connectivity index (χ1v) is 11.3. The third kappa shape index (κ3) is 3.95. The summed E-state index contributed by atoms with van der Waals surface area (Å²) in [5.74, 6) is 0.385. The van der Waals surface area contributed by atoms with Crippen molar-refractivity contribution in [1.29, 1.82) is 0 Å². The van der Waals surface area contributed by atoms with Crippen LogP contribution in [0, 0.1) is 5.92 Å². The van der Waals surface area contributed by atoms with Gasteiger partial charge in [0.2, 0.25) is 0 Å². The molecule has 1 atom stereocenters. The normalized spacial score (nSPS) is 20.5. The second-order valence-electron chi connectivity index (χ2n) is 6.95. The third-order valence-corrected chi connectivity index (χ3v) is 5.11. The quantitative estimate of drug-likeness (QED) is 0.368. The molecule has 1 aliphatic rings. The van der Waals surface area contributed by atoms with E-state index in [0.29, 0.717) is 5.92 Å². The Morgan fingerprint density at radius 2 is 1.76 bits per heavy atom. The molecule has 1 N–H and O–H groups in total. The summed E-state index contributed by atoms with van der Waals surface area (Å²) in [5.41, 5.74) is 0.526. The lowest BCUT2D eigenvalue weighted by molar-refractivity contribution is 0.0454. The minimum atomic E-state index is -1.80. The van der Waals surface area contributed by atoms with Crippen molar-refractivity contribution in [1.82, 2.24) is 0 Å². The van der Waals surface area contributed by atoms with Crippen LogP contribution in [0.1, 0.15) is 37.7 Å². The van der Waals surface area contributed by atoms with Gasteiger partial charge in [-0.25, -0.2) is 0 Å². The van der Waals surface area contributed by atoms with Gasteiger partial charge in [-0.3, -0.25) is 0 Å². The van der Waals surface area contributed by atoms with Gasteiger partial charge in [-0.1, -0.05) is 54.8 Å². The number of hydrogen-bond acceptors (Lipinski definition) is 3. The van der Waals surface area contributed by atoms with Crippen molar-refractivity contribution in [3.05, 3.63) is 35.9 Å². The van der Waals surface area contributed by atoms with Gasteiger partial charge >= 0.3 is 0 Å². The second kappa shape index (κ2) is 6.75. The maximum Gasteiger partial charge on any atom is 0.185 e. The summed E-state index contributed by atoms with van der Waals surface area (Å²) < 4.78 is 6.62. The molecule has 21 heavy (non-hydrogen) atoms. The molecule has 1 aromatic rings. The minimum absolute atomic E-state index is 0.385. The maximum atomic E-state index is 9.30. The van der Waals surface area contributed by atoms with Gasteiger partial charge in [0.15, 0.2) is 8.32 Å². The molecule has 1 saturated carbocycles. The van der Waals surface area contributed by atoms with Crippen LogP contribution < -0.4 is 0 Å². The Labute approximate surface area is 129 Å². The van der Waals surface area contributed by atoms with Crippen LogP contribution in [0.5, 0.6) is 0 Å². The highest BCUT2D eigenvalue weighted by atomic mass is 28.4. The number of hydrogen-bond donors (Lipinski definition) is 1. The van der Waals surface area contributed by atoms with E-state index < -0.39 is 13.9 Å². The maximum absolute atomic E-state index is 9.30. The Morgan fingerprint density at radius 3 is 2.29 bits per heavy atom. The Hall–Kier alpha value is -1.13. The zero-order valence-electron chi connectivity index (χ0n) is 13.4. The lowest BCUT2D eigenvalue weighted by atomic mass is 9.74. The largest absolute Gasteiger partial charge is 0.411 e. The molecule has 1 fully saturated rings. The summed E-state index contributed by atoms with van der Waals surface area (Å²) in [7, 11) is -1.80. The van der Waals surface area contributed by atoms with Gasteiger partial charge < -0.3 is 9.63 Å². The number of nitrogens with zero attached hydrogens (tertiary/aromatic N) is 1. The van der Waals surface area contributed by atoms with Crippen molar-refractivity contribution < 1.29 is 9.63 Å². The number of benzene rings is 1. The van der Waals surface area contributed by atoms with Crippen molar-refractivity contribution in [2.75, 3.05) is 0 Å². The van der Waals surface area contributed by atoms with Crippen LogP contribution >= 0.6 is 0 Å². The van der Waals surface area contributed by atoms with E-state index in [9.17, 15) is 5.21 Å². The second-order valence-corrected chi connectivity index (χ2v) is 11.4. The summed E-state index contributed by atoms with van der Waals surface area (Å²) in [4.78, 5) is 0. The van der Waals surface area contributed by atoms with Crippen molar-refractivity contribution in [3.63, 3.8) is 0 Å². The molecule has 0 aliphatic heterocycles. The van der Waals surface area contributed by atoms with Gasteiger partial charge in [-0.15, -0.1) is 0 Å². The Balaban J connectivity index is 2.48. The zero-order valence-corrected chi connectivity index (χ0v) is 14.4. The van der Waals surface area contributed by atoms with E-state index >= 15 is 0 Å². The SMILES string of the molecule is C[Si](C)(C)OC(/C=N/O)(c1ccccc1)C1CCCCC1. The summed E-state index contributed by atoms with van der Waals surface area (Å²) in [5, 5.41) is 12.7. The molecule has 0 amide bonds. The zero-order chi connectivity index (χ0) is 15.3. The van der Waals surface area contributed by atoms with Crippen LogP contribution in [0.15, 0.2) is 35.5 Å². The Bertz CT molecular complexity index is 463. The van der Waals surface area contributed by atoms with Crippen LogP contribution in [-0.4, -0.2) is 19.7 Å². The van der Waals surface area contributed by atoms with Gasteiger partial charge in [0.05, 0.1) is 6.21 Å². The van der Waals surface area contributed by atoms with Crippen molar-refractivity contribution in [3.8, 4) is 0 Å². The lowest BCUT2D eigenvalue weighted by Gasteiger charge is -2.43. The van der Waals surface area contributed by atoms with Crippen LogP contribution in [0.2, 0.25) is 19.6 Å². The van der Waals surface area contributed by atoms with Gasteiger partial charge in [-0.2, -0.15) is 0 Å². The number of oxime groups is 1. The van der Waals surface area contributed by atoms with E-state index in [2.05, 4.69) is 36.9 Å². The summed E-state index contributed by atoms with van der Waals surface area (Å²) in [6.07, 6.45) is 7.65. The smallest absolute Gasteiger partial charge is 0.185 e. The Morgan fingerprint density at radius 1 is 1.14 bits per heavy atom. The summed E-state index contributed by atoms with van der Waals surface area (Å²) >= 11 is 0. The highest BCUT2D eigenvalue weighted by Crippen LogP contribution is 2.42. The molecule has 0 bridgehead atoms. The molecule has 1 unspecified atom stereocenters. The van der Waals surface area contributed by atoms with Crippen LogP contribution in [-0.2, 0) is 10.0 Å². The molecule has 3 nitrogen and oxygen atoms in total. The molecule has 0 heterocycles. The fraction of sp³-hybridized carbons (Fsp3) is 0.588. The van der Waals surface area contributed by atoms with Crippen LogP contribution in [0.3, 0.4) is 0 Å². The first kappa shape index (κ1) is 16.2. The van der Waals surface area contributed by atoms with Crippen LogP contribution in [0.4, 0.5) is 0 Å². The lowest BCUT2D eigenvalue weighted by Crippen LogP contribution is -2.47. The first-order valence-electron chi connectivity index (χ1n) is 7.92. The van der Waals surface area contributed by atoms with E-state index in [4.69, 9.17) is 4.43 Å². The number of rotatable bonds is 5. The van der Waals surface area contributed by atoms with Crippen molar-refractivity contribution >= 4 is 14.5 Å². The van der Waals surface area contributed by atoms with Gasteiger partial charge in [0, 0.05) is 0 Å². The fourth-order valence-corrected chi connectivity index (χ4v) is 4.76. The van der Waals surface area contributed by atoms with Gasteiger partial charge in [0.1, 0.15) is 5.60 Å². The predicted molar refractivity (Wildman–Crippen MR) is 89.4 cm³/mol. The first-order chi connectivity index (χ1) is 9.98. The highest BCUT2D eigenvalue weighted by molar-refractivity contribution is 6.70. The molecule has 0 spiro atoms. The van der Waals surface area contributed by atoms with E-state index in [1.807, 2.05) is 18.2 Å². The summed E-state index contributed by atoms with van der Waals surface area (Å²) in [6, 6.07) is 10.3. The topological polar surface area (TPSA) is 41.8 Å². The average molecular weight is 305 g/mol. The standard InChI is InChI=1S/C17H27NO2Si/c1-21(2,3)20-17(14-18-19,15-10-6-4-7-11-15)16-12-8-5-9-13-16/h4,6-7,10-11,14,16,19H,5,8-9,12-13H2,1-3H3/b18-14+. The average Bonchev–Trinajstić information content (AvgIpc) is 2.47. The van der Waals surface area contributed by atoms with Gasteiger partial charge in [0.25, 0.3) is 0 Å². The molecule has 0 radical (unpaired) electrons.